The zero-order valence-corrected chi connectivity index (χ0v) is 17.4. The Morgan fingerprint density at radius 1 is 1.17 bits per heavy atom. The number of nitrogens with two attached hydrogens (primary N) is 1. The Morgan fingerprint density at radius 3 is 2.66 bits per heavy atom. The van der Waals surface area contributed by atoms with Gasteiger partial charge in [0, 0.05) is 31.1 Å². The molecule has 0 spiro atoms. The number of carbonyl (C=O) groups is 1. The molecule has 0 unspecified atom stereocenters. The molecule has 0 fully saturated rings. The molecular formula is C24H30N4O. The standard InChI is InChI=1S/C24H30N4O/c1-18-8-7-11-20(12-18)24(2,3)16-26-23(29)22(25)13-21-15-28(17-27-21)14-19-9-5-4-6-10-19/h4-12,15,17,22H,13-14,16,25H2,1-3H3,(H,26,29)/t22-/m0/s1. The highest BCUT2D eigenvalue weighted by Crippen LogP contribution is 2.23. The van der Waals surface area contributed by atoms with E-state index in [9.17, 15) is 4.79 Å². The Morgan fingerprint density at radius 2 is 1.93 bits per heavy atom. The number of aromatic nitrogens is 2. The quantitative estimate of drug-likeness (QED) is 0.620. The van der Waals surface area contributed by atoms with Gasteiger partial charge in [-0.2, -0.15) is 0 Å². The molecule has 0 radical (unpaired) electrons. The van der Waals surface area contributed by atoms with Crippen molar-refractivity contribution in [1.82, 2.24) is 14.9 Å². The van der Waals surface area contributed by atoms with Crippen LogP contribution in [0.3, 0.4) is 0 Å². The summed E-state index contributed by atoms with van der Waals surface area (Å²) in [6.45, 7) is 7.61. The van der Waals surface area contributed by atoms with Crippen LogP contribution in [0.15, 0.2) is 67.1 Å². The summed E-state index contributed by atoms with van der Waals surface area (Å²) in [5.74, 6) is -0.150. The molecule has 5 heteroatoms. The van der Waals surface area contributed by atoms with Gasteiger partial charge in [0.25, 0.3) is 0 Å². The number of rotatable bonds is 8. The number of hydrogen-bond acceptors (Lipinski definition) is 3. The van der Waals surface area contributed by atoms with Crippen LogP contribution < -0.4 is 11.1 Å². The number of amides is 1. The monoisotopic (exact) mass is 390 g/mol. The fraction of sp³-hybridized carbons (Fsp3) is 0.333. The first-order valence-electron chi connectivity index (χ1n) is 9.98. The summed E-state index contributed by atoms with van der Waals surface area (Å²) in [6.07, 6.45) is 4.16. The van der Waals surface area contributed by atoms with E-state index in [0.29, 0.717) is 13.0 Å². The first kappa shape index (κ1) is 20.8. The molecule has 0 aliphatic rings. The highest BCUT2D eigenvalue weighted by molar-refractivity contribution is 5.81. The number of nitrogens with zero attached hydrogens (tertiary/aromatic N) is 2. The Balaban J connectivity index is 1.53. The van der Waals surface area contributed by atoms with Crippen LogP contribution in [-0.2, 0) is 23.2 Å². The third-order valence-electron chi connectivity index (χ3n) is 5.16. The van der Waals surface area contributed by atoms with Crippen LogP contribution in [0.5, 0.6) is 0 Å². The van der Waals surface area contributed by atoms with Crippen LogP contribution in [0, 0.1) is 6.92 Å². The van der Waals surface area contributed by atoms with Crippen molar-refractivity contribution in [2.75, 3.05) is 6.54 Å². The van der Waals surface area contributed by atoms with Gasteiger partial charge < -0.3 is 15.6 Å². The van der Waals surface area contributed by atoms with Gasteiger partial charge in [0.15, 0.2) is 0 Å². The second kappa shape index (κ2) is 9.05. The van der Waals surface area contributed by atoms with Gasteiger partial charge in [-0.15, -0.1) is 0 Å². The first-order valence-corrected chi connectivity index (χ1v) is 9.98. The SMILES string of the molecule is Cc1cccc(C(C)(C)CNC(=O)[C@@H](N)Cc2cn(Cc3ccccc3)cn2)c1. The van der Waals surface area contributed by atoms with Gasteiger partial charge >= 0.3 is 0 Å². The fourth-order valence-electron chi connectivity index (χ4n) is 3.32. The summed E-state index contributed by atoms with van der Waals surface area (Å²) >= 11 is 0. The maximum atomic E-state index is 12.5. The summed E-state index contributed by atoms with van der Waals surface area (Å²) in [5, 5.41) is 3.01. The molecule has 1 aromatic heterocycles. The highest BCUT2D eigenvalue weighted by atomic mass is 16.2. The van der Waals surface area contributed by atoms with Crippen LogP contribution in [-0.4, -0.2) is 28.0 Å². The van der Waals surface area contributed by atoms with Crippen molar-refractivity contribution in [3.63, 3.8) is 0 Å². The Labute approximate surface area is 173 Å². The van der Waals surface area contributed by atoms with E-state index < -0.39 is 6.04 Å². The van der Waals surface area contributed by atoms with Gasteiger partial charge in [-0.05, 0) is 18.1 Å². The van der Waals surface area contributed by atoms with Crippen molar-refractivity contribution in [3.8, 4) is 0 Å². The molecular weight excluding hydrogens is 360 g/mol. The van der Waals surface area contributed by atoms with Gasteiger partial charge in [0.1, 0.15) is 0 Å². The molecule has 0 saturated heterocycles. The van der Waals surface area contributed by atoms with E-state index in [-0.39, 0.29) is 11.3 Å². The van der Waals surface area contributed by atoms with E-state index in [1.807, 2.05) is 35.0 Å². The third-order valence-corrected chi connectivity index (χ3v) is 5.16. The molecule has 29 heavy (non-hydrogen) atoms. The molecule has 3 aromatic rings. The molecule has 3 N–H and O–H groups in total. The maximum Gasteiger partial charge on any atom is 0.237 e. The number of nitrogens with one attached hydrogen (secondary N) is 1. The van der Waals surface area contributed by atoms with Crippen LogP contribution in [0.25, 0.3) is 0 Å². The highest BCUT2D eigenvalue weighted by Gasteiger charge is 2.23. The van der Waals surface area contributed by atoms with E-state index in [4.69, 9.17) is 5.73 Å². The molecule has 1 amide bonds. The number of benzene rings is 2. The Hall–Kier alpha value is -2.92. The maximum absolute atomic E-state index is 12.5. The normalized spacial score (nSPS) is 12.6. The zero-order valence-electron chi connectivity index (χ0n) is 17.4. The molecule has 0 bridgehead atoms. The van der Waals surface area contributed by atoms with Crippen LogP contribution in [0.2, 0.25) is 0 Å². The minimum atomic E-state index is -0.622. The molecule has 1 heterocycles. The summed E-state index contributed by atoms with van der Waals surface area (Å²) in [5.41, 5.74) is 10.4. The second-order valence-corrected chi connectivity index (χ2v) is 8.30. The minimum Gasteiger partial charge on any atom is -0.354 e. The van der Waals surface area contributed by atoms with Crippen molar-refractivity contribution in [2.45, 2.75) is 45.2 Å². The van der Waals surface area contributed by atoms with E-state index in [1.54, 1.807) is 6.33 Å². The molecule has 0 aliphatic heterocycles. The Kier molecular flexibility index (Phi) is 6.49. The lowest BCUT2D eigenvalue weighted by molar-refractivity contribution is -0.122. The van der Waals surface area contributed by atoms with E-state index >= 15 is 0 Å². The molecule has 3 rings (SSSR count). The zero-order chi connectivity index (χ0) is 20.9. The predicted octanol–water partition coefficient (Wildman–Crippen LogP) is 3.20. The molecule has 2 aromatic carbocycles. The Bertz CT molecular complexity index is 946. The van der Waals surface area contributed by atoms with Crippen molar-refractivity contribution in [1.29, 1.82) is 0 Å². The van der Waals surface area contributed by atoms with E-state index in [2.05, 4.69) is 61.4 Å². The largest absolute Gasteiger partial charge is 0.354 e. The average molecular weight is 391 g/mol. The minimum absolute atomic E-state index is 0.150. The smallest absolute Gasteiger partial charge is 0.237 e. The van der Waals surface area contributed by atoms with E-state index in [1.165, 1.54) is 16.7 Å². The van der Waals surface area contributed by atoms with E-state index in [0.717, 1.165) is 12.2 Å². The van der Waals surface area contributed by atoms with Gasteiger partial charge in [0.05, 0.1) is 18.1 Å². The lowest BCUT2D eigenvalue weighted by Gasteiger charge is -2.26. The van der Waals surface area contributed by atoms with Gasteiger partial charge in [0.2, 0.25) is 5.91 Å². The topological polar surface area (TPSA) is 72.9 Å². The summed E-state index contributed by atoms with van der Waals surface area (Å²) in [7, 11) is 0. The van der Waals surface area contributed by atoms with Crippen LogP contribution in [0.4, 0.5) is 0 Å². The summed E-state index contributed by atoms with van der Waals surface area (Å²) in [4.78, 5) is 16.9. The summed E-state index contributed by atoms with van der Waals surface area (Å²) in [6, 6.07) is 17.9. The summed E-state index contributed by atoms with van der Waals surface area (Å²) < 4.78 is 2.01. The number of hydrogen-bond donors (Lipinski definition) is 2. The van der Waals surface area contributed by atoms with Crippen molar-refractivity contribution in [3.05, 3.63) is 89.5 Å². The van der Waals surface area contributed by atoms with Crippen molar-refractivity contribution < 1.29 is 4.79 Å². The average Bonchev–Trinajstić information content (AvgIpc) is 3.13. The second-order valence-electron chi connectivity index (χ2n) is 8.30. The van der Waals surface area contributed by atoms with Crippen molar-refractivity contribution in [2.24, 2.45) is 5.73 Å². The number of imidazole rings is 1. The lowest BCUT2D eigenvalue weighted by atomic mass is 9.84. The molecule has 1 atom stereocenters. The fourth-order valence-corrected chi connectivity index (χ4v) is 3.32. The molecule has 5 nitrogen and oxygen atoms in total. The number of carbonyl (C=O) groups excluding carboxylic acids is 1. The van der Waals surface area contributed by atoms with Gasteiger partial charge in [-0.3, -0.25) is 4.79 Å². The van der Waals surface area contributed by atoms with Gasteiger partial charge in [-0.1, -0.05) is 74.0 Å². The predicted molar refractivity (Wildman–Crippen MR) is 117 cm³/mol. The third kappa shape index (κ3) is 5.78. The molecule has 0 saturated carbocycles. The van der Waals surface area contributed by atoms with Crippen LogP contribution in [0.1, 0.15) is 36.2 Å². The van der Waals surface area contributed by atoms with Crippen molar-refractivity contribution >= 4 is 5.91 Å². The van der Waals surface area contributed by atoms with Gasteiger partial charge in [-0.25, -0.2) is 4.98 Å². The lowest BCUT2D eigenvalue weighted by Crippen LogP contribution is -2.46. The first-order chi connectivity index (χ1) is 13.8. The molecule has 0 aliphatic carbocycles. The molecule has 152 valence electrons. The van der Waals surface area contributed by atoms with Crippen LogP contribution >= 0.6 is 0 Å². The number of aryl methyl sites for hydroxylation is 1.